The van der Waals surface area contributed by atoms with Crippen LogP contribution in [0.15, 0.2) is 102 Å². The Bertz CT molecular complexity index is 3480. The molecule has 32 heteroatoms. The van der Waals surface area contributed by atoms with Crippen molar-refractivity contribution in [2.75, 3.05) is 53.2 Å². The second-order valence-corrected chi connectivity index (χ2v) is 26.8. The minimum Gasteiger partial charge on any atom is -0.635 e. The number of nitrogens with two attached hydrogens (primary N) is 4. The third-order valence-corrected chi connectivity index (χ3v) is 18.1. The number of ether oxygens (including phenoxy) is 1. The maximum absolute atomic E-state index is 11.2. The van der Waals surface area contributed by atoms with Crippen LogP contribution in [0.25, 0.3) is 0 Å². The van der Waals surface area contributed by atoms with Crippen molar-refractivity contribution in [1.29, 1.82) is 0 Å². The maximum atomic E-state index is 11.2. The van der Waals surface area contributed by atoms with E-state index in [-0.39, 0.29) is 110 Å². The molecule has 0 bridgehead atoms. The summed E-state index contributed by atoms with van der Waals surface area (Å²) in [7, 11) is -4.67. The summed E-state index contributed by atoms with van der Waals surface area (Å²) in [5.74, 6) is 1.54. The quantitative estimate of drug-likeness (QED) is 0.00498. The first-order valence-corrected chi connectivity index (χ1v) is 37.3. The first-order valence-electron chi connectivity index (χ1n) is 35.9. The van der Waals surface area contributed by atoms with Gasteiger partial charge in [-0.25, -0.2) is 0 Å². The van der Waals surface area contributed by atoms with Gasteiger partial charge in [0.2, 0.25) is 11.8 Å². The van der Waals surface area contributed by atoms with Crippen LogP contribution in [0.2, 0.25) is 0 Å². The molecule has 108 heavy (non-hydrogen) atoms. The van der Waals surface area contributed by atoms with Gasteiger partial charge in [0.15, 0.2) is 0 Å². The van der Waals surface area contributed by atoms with Gasteiger partial charge in [-0.15, -0.1) is 4.91 Å². The van der Waals surface area contributed by atoms with Crippen molar-refractivity contribution in [3.05, 3.63) is 150 Å². The largest absolute Gasteiger partial charge is 1.00 e. The van der Waals surface area contributed by atoms with Gasteiger partial charge >= 0.3 is 73.7 Å². The van der Waals surface area contributed by atoms with E-state index in [1.54, 1.807) is 24.3 Å². The van der Waals surface area contributed by atoms with Gasteiger partial charge in [-0.2, -0.15) is 8.42 Å². The molecule has 600 valence electrons. The first-order chi connectivity index (χ1) is 49.9. The van der Waals surface area contributed by atoms with Crippen molar-refractivity contribution >= 4 is 86.1 Å². The SMILES string of the molecule is C.CC(=O)Nc1ccc(C2CCCCC2)c(N)c1.CC(=O)Nc1ccc(C2CCCCC2)c([N+](=O)[O-])c1.CC(=O)OC(C)=O.CCN(CC)CC.N.Nc1ccc(C2CCCCC2)c(O)c1.Nc1ccc(C2CCCCC2)c([N+](=O)[O-])c1.Nc1ccc(C2CCCCC2)cc1.O=CO.O=NO[O-].O=S(=O)(O)O.[K+]. The van der Waals surface area contributed by atoms with E-state index < -0.39 is 22.3 Å². The van der Waals surface area contributed by atoms with Gasteiger partial charge < -0.3 is 69.8 Å². The average Bonchev–Trinajstić information content (AvgIpc) is 0.835. The van der Waals surface area contributed by atoms with E-state index in [9.17, 15) is 44.5 Å². The van der Waals surface area contributed by atoms with Crippen molar-refractivity contribution in [2.24, 2.45) is 5.34 Å². The number of carbonyl (C=O) groups is 5. The molecule has 2 amide bonds. The summed E-state index contributed by atoms with van der Waals surface area (Å²) in [6.45, 7) is 15.1. The van der Waals surface area contributed by atoms with Crippen LogP contribution >= 0.6 is 0 Å². The number of carboxylic acid groups (broad SMARTS) is 1. The third-order valence-electron chi connectivity index (χ3n) is 18.1. The van der Waals surface area contributed by atoms with Crippen LogP contribution < -0.4 is 96.4 Å². The number of esters is 2. The molecule has 0 saturated heterocycles. The number of hydrogen-bond acceptors (Lipinski definition) is 23. The van der Waals surface area contributed by atoms with Gasteiger partial charge in [0, 0.05) is 91.1 Å². The van der Waals surface area contributed by atoms with Crippen molar-refractivity contribution in [3.63, 3.8) is 0 Å². The monoisotopic (exact) mass is 1560 g/mol. The maximum Gasteiger partial charge on any atom is 1.00 e. The summed E-state index contributed by atoms with van der Waals surface area (Å²) in [5.41, 5.74) is 32.8. The fraction of sp³-hybridized carbons (Fsp3) is 0.539. The molecule has 17 N–H and O–H groups in total. The molecule has 10 rings (SSSR count). The molecule has 5 aliphatic carbocycles. The molecule has 30 nitrogen and oxygen atoms in total. The number of anilines is 6. The zero-order valence-electron chi connectivity index (χ0n) is 63.6. The number of nitrogens with zero attached hydrogens (tertiary/aromatic N) is 4. The number of phenols is 1. The van der Waals surface area contributed by atoms with Crippen molar-refractivity contribution in [2.45, 2.75) is 246 Å². The Morgan fingerprint density at radius 2 is 0.815 bits per heavy atom. The Hall–Kier alpha value is -7.76. The number of carbonyl (C=O) groups excluding carboxylic acids is 4. The number of hydrogen-bond donors (Lipinski definition) is 11. The molecular weight excluding hydrogens is 1440 g/mol. The van der Waals surface area contributed by atoms with Crippen molar-refractivity contribution < 1.29 is 128 Å². The predicted octanol–water partition coefficient (Wildman–Crippen LogP) is 13.7. The summed E-state index contributed by atoms with van der Waals surface area (Å²) in [5, 5.41) is 53.9. The molecular formula is C76H120KN11O19S. The van der Waals surface area contributed by atoms with Gasteiger partial charge in [-0.05, 0) is 185 Å². The van der Waals surface area contributed by atoms with E-state index in [0.717, 1.165) is 78.2 Å². The molecule has 0 aliphatic heterocycles. The van der Waals surface area contributed by atoms with Crippen LogP contribution in [0.1, 0.15) is 274 Å². The number of rotatable bonds is 13. The van der Waals surface area contributed by atoms with Crippen molar-refractivity contribution in [3.8, 4) is 5.75 Å². The zero-order valence-corrected chi connectivity index (χ0v) is 67.6. The second kappa shape index (κ2) is 60.1. The van der Waals surface area contributed by atoms with Crippen LogP contribution in [0.4, 0.5) is 45.5 Å². The second-order valence-electron chi connectivity index (χ2n) is 25.9. The molecule has 5 aromatic carbocycles. The van der Waals surface area contributed by atoms with Crippen LogP contribution in [-0.4, -0.2) is 92.3 Å². The number of nitrogens with one attached hydrogen (secondary N) is 2. The Balaban J connectivity index is -0.00000118. The van der Waals surface area contributed by atoms with Gasteiger partial charge in [0.1, 0.15) is 11.1 Å². The summed E-state index contributed by atoms with van der Waals surface area (Å²) in [4.78, 5) is 84.6. The first kappa shape index (κ1) is 104. The minimum absolute atomic E-state index is 0. The third kappa shape index (κ3) is 46.6. The number of benzene rings is 5. The number of nitrogen functional groups attached to an aromatic ring is 4. The van der Waals surface area contributed by atoms with Gasteiger partial charge in [0.05, 0.1) is 9.85 Å². The molecule has 0 atom stereocenters. The fourth-order valence-corrected chi connectivity index (χ4v) is 13.3. The predicted molar refractivity (Wildman–Crippen MR) is 420 cm³/mol. The molecule has 5 fully saturated rings. The van der Waals surface area contributed by atoms with Crippen molar-refractivity contribution in [1.82, 2.24) is 11.1 Å². The summed E-state index contributed by atoms with van der Waals surface area (Å²) >= 11 is 0. The Labute approximate surface area is 680 Å². The molecule has 0 spiro atoms. The van der Waals surface area contributed by atoms with E-state index in [0.29, 0.717) is 40.6 Å². The summed E-state index contributed by atoms with van der Waals surface area (Å²) in [6, 6.07) is 29.9. The number of nitro groups is 2. The van der Waals surface area contributed by atoms with Crippen LogP contribution in [0, 0.1) is 25.1 Å². The van der Waals surface area contributed by atoms with Gasteiger partial charge in [-0.3, -0.25) is 53.3 Å². The molecule has 5 aromatic rings. The van der Waals surface area contributed by atoms with E-state index >= 15 is 0 Å². The molecule has 5 aliphatic rings. The average molecular weight is 1560 g/mol. The smallest absolute Gasteiger partial charge is 0.635 e. The Morgan fingerprint density at radius 1 is 0.528 bits per heavy atom. The Kier molecular flexibility index (Phi) is 58.1. The molecule has 0 radical (unpaired) electrons. The van der Waals surface area contributed by atoms with E-state index in [1.165, 1.54) is 198 Å². The van der Waals surface area contributed by atoms with Crippen LogP contribution in [-0.2, 0) is 44.1 Å². The summed E-state index contributed by atoms with van der Waals surface area (Å²) < 4.78 is 35.6. The number of phenolic OH excluding ortho intramolecular Hbond substituents is 1. The standard InChI is InChI=1S/C14H18N2O3.C14H20N2O.C12H16N2O2.C12H17NO.C12H17N.C6H15N.C4H6O3.CH2O2.CH4.K.HNO3.H3N.H2O4S/c1-10(17)15-12-7-8-13(14(9-12)16(18)19)11-5-3-2-4-6-11;1-10(17)16-12-7-8-13(14(15)9-12)11-5-3-2-4-6-11;13-10-6-7-11(12(8-10)14(15)16)9-4-2-1-3-5-9;13-10-6-7-11(12(14)8-10)9-4-2-1-3-5-9;13-12-8-6-11(7-9-12)10-4-2-1-3-5-10;1-4-7(5-2)6-3;1-3(5)7-4(2)6;2-1-3;;;2-1-4-3;;1-5(2,3)4/h7-9,11H,2-6H2,1H3,(H,15,17);7-9,11H,2-6,15H2,1H3,(H,16,17);6-9H,1-5,13H2;6-9,14H,1-5,13H2;6-10H,1-5,13H2;4-6H2,1-3H3;1-2H3;1H,(H,2,3);1H4;;3H;1H3;(H2,1,2,3,4)/q;;;;;;;;;+1;;;/p-1. The molecule has 0 heterocycles. The van der Waals surface area contributed by atoms with E-state index in [4.69, 9.17) is 60.5 Å². The number of aromatic hydroxyl groups is 1. The topological polar surface area (TPSA) is 524 Å². The Morgan fingerprint density at radius 3 is 1.11 bits per heavy atom. The summed E-state index contributed by atoms with van der Waals surface area (Å²) in [6.07, 6.45) is 30.9. The molecule has 5 saturated carbocycles. The number of amides is 2. The van der Waals surface area contributed by atoms with E-state index in [2.05, 4.69) is 64.2 Å². The normalized spacial score (nSPS) is 14.7. The zero-order chi connectivity index (χ0) is 78.9. The van der Waals surface area contributed by atoms with Gasteiger partial charge in [0.25, 0.3) is 17.8 Å². The van der Waals surface area contributed by atoms with Gasteiger partial charge in [-0.1, -0.05) is 149 Å². The van der Waals surface area contributed by atoms with Crippen LogP contribution in [0.3, 0.4) is 0 Å². The minimum atomic E-state index is -4.67. The fourth-order valence-electron chi connectivity index (χ4n) is 13.3. The number of nitro benzene ring substituents is 2. The molecule has 0 unspecified atom stereocenters. The molecule has 0 aromatic heterocycles. The van der Waals surface area contributed by atoms with E-state index in [1.807, 2.05) is 42.5 Å². The van der Waals surface area contributed by atoms with Crippen LogP contribution in [0.5, 0.6) is 5.75 Å².